The number of aliphatic hydroxyl groups is 1. The van der Waals surface area contributed by atoms with Crippen molar-refractivity contribution >= 4 is 5.91 Å². The lowest BCUT2D eigenvalue weighted by atomic mass is 9.91. The van der Waals surface area contributed by atoms with Crippen LogP contribution in [0.2, 0.25) is 0 Å². The van der Waals surface area contributed by atoms with Crippen LogP contribution in [0.25, 0.3) is 0 Å². The lowest BCUT2D eigenvalue weighted by Crippen LogP contribution is -2.46. The van der Waals surface area contributed by atoms with E-state index in [1.54, 1.807) is 4.90 Å². The van der Waals surface area contributed by atoms with E-state index in [1.165, 1.54) is 5.56 Å². The second-order valence-corrected chi connectivity index (χ2v) is 5.77. The average molecular weight is 275 g/mol. The molecule has 1 amide bonds. The first-order chi connectivity index (χ1) is 9.61. The minimum absolute atomic E-state index is 0.00818. The van der Waals surface area contributed by atoms with E-state index in [9.17, 15) is 9.90 Å². The Balaban J connectivity index is 1.95. The first kappa shape index (κ1) is 15.0. The second kappa shape index (κ2) is 6.89. The number of carbonyl (C=O) groups is 1. The number of aliphatic hydroxyl groups excluding tert-OH is 1. The van der Waals surface area contributed by atoms with Crippen molar-refractivity contribution in [2.24, 2.45) is 0 Å². The molecule has 1 saturated carbocycles. The molecule has 0 aliphatic heterocycles. The van der Waals surface area contributed by atoms with E-state index >= 15 is 0 Å². The van der Waals surface area contributed by atoms with Crippen LogP contribution in [-0.2, 0) is 17.6 Å². The predicted octanol–water partition coefficient (Wildman–Crippen LogP) is 2.55. The SMILES string of the molecule is CCc1ccc(CC(=O)N(C)[C@H]2CCCC[C@H]2O)cc1. The Morgan fingerprint density at radius 2 is 1.80 bits per heavy atom. The molecule has 20 heavy (non-hydrogen) atoms. The molecule has 0 aromatic heterocycles. The van der Waals surface area contributed by atoms with Crippen LogP contribution in [0.1, 0.15) is 43.7 Å². The van der Waals surface area contributed by atoms with Gasteiger partial charge in [-0.25, -0.2) is 0 Å². The Labute approximate surface area is 121 Å². The van der Waals surface area contributed by atoms with Gasteiger partial charge in [0.2, 0.25) is 5.91 Å². The smallest absolute Gasteiger partial charge is 0.227 e. The van der Waals surface area contributed by atoms with Crippen LogP contribution in [0.4, 0.5) is 0 Å². The molecule has 3 heteroatoms. The van der Waals surface area contributed by atoms with Gasteiger partial charge < -0.3 is 10.0 Å². The van der Waals surface area contributed by atoms with Gasteiger partial charge in [-0.3, -0.25) is 4.79 Å². The molecule has 1 aromatic carbocycles. The summed E-state index contributed by atoms with van der Waals surface area (Å²) >= 11 is 0. The summed E-state index contributed by atoms with van der Waals surface area (Å²) in [5.74, 6) is 0.0974. The van der Waals surface area contributed by atoms with E-state index in [4.69, 9.17) is 0 Å². The van der Waals surface area contributed by atoms with Crippen molar-refractivity contribution in [3.8, 4) is 0 Å². The summed E-state index contributed by atoms with van der Waals surface area (Å²) in [5.41, 5.74) is 2.33. The van der Waals surface area contributed by atoms with Crippen LogP contribution in [0, 0.1) is 0 Å². The van der Waals surface area contributed by atoms with E-state index in [-0.39, 0.29) is 18.1 Å². The van der Waals surface area contributed by atoms with Crippen LogP contribution < -0.4 is 0 Å². The number of aryl methyl sites for hydroxylation is 1. The van der Waals surface area contributed by atoms with E-state index < -0.39 is 0 Å². The number of rotatable bonds is 4. The third kappa shape index (κ3) is 3.60. The van der Waals surface area contributed by atoms with E-state index in [0.717, 1.165) is 37.7 Å². The van der Waals surface area contributed by atoms with Crippen molar-refractivity contribution in [2.45, 2.75) is 57.6 Å². The van der Waals surface area contributed by atoms with Gasteiger partial charge in [-0.15, -0.1) is 0 Å². The first-order valence-electron chi connectivity index (χ1n) is 7.63. The molecule has 1 aromatic rings. The fourth-order valence-corrected chi connectivity index (χ4v) is 2.92. The van der Waals surface area contributed by atoms with Gasteiger partial charge in [-0.2, -0.15) is 0 Å². The Morgan fingerprint density at radius 3 is 2.40 bits per heavy atom. The van der Waals surface area contributed by atoms with E-state index in [1.807, 2.05) is 19.2 Å². The van der Waals surface area contributed by atoms with Crippen LogP contribution >= 0.6 is 0 Å². The van der Waals surface area contributed by atoms with Gasteiger partial charge in [0.1, 0.15) is 0 Å². The van der Waals surface area contributed by atoms with Crippen molar-refractivity contribution in [3.05, 3.63) is 35.4 Å². The van der Waals surface area contributed by atoms with Crippen LogP contribution in [0.3, 0.4) is 0 Å². The summed E-state index contributed by atoms with van der Waals surface area (Å²) in [6, 6.07) is 8.21. The number of hydrogen-bond acceptors (Lipinski definition) is 2. The van der Waals surface area contributed by atoms with E-state index in [2.05, 4.69) is 19.1 Å². The van der Waals surface area contributed by atoms with Gasteiger partial charge in [0.25, 0.3) is 0 Å². The molecule has 1 aliphatic carbocycles. The standard InChI is InChI=1S/C17H25NO2/c1-3-13-8-10-14(11-9-13)12-17(20)18(2)15-6-4-5-7-16(15)19/h8-11,15-16,19H,3-7,12H2,1-2H3/t15-,16+/m0/s1. The summed E-state index contributed by atoms with van der Waals surface area (Å²) in [5, 5.41) is 10.0. The third-order valence-electron chi connectivity index (χ3n) is 4.37. The molecule has 0 heterocycles. The van der Waals surface area contributed by atoms with Gasteiger partial charge in [0.05, 0.1) is 18.6 Å². The molecule has 0 unspecified atom stereocenters. The zero-order chi connectivity index (χ0) is 14.5. The molecular weight excluding hydrogens is 250 g/mol. The summed E-state index contributed by atoms with van der Waals surface area (Å²) in [7, 11) is 1.82. The molecule has 0 radical (unpaired) electrons. The summed E-state index contributed by atoms with van der Waals surface area (Å²) in [6.45, 7) is 2.12. The fourth-order valence-electron chi connectivity index (χ4n) is 2.92. The predicted molar refractivity (Wildman–Crippen MR) is 80.6 cm³/mol. The zero-order valence-electron chi connectivity index (χ0n) is 12.5. The van der Waals surface area contributed by atoms with Crippen LogP contribution in [0.5, 0.6) is 0 Å². The molecular formula is C17H25NO2. The maximum Gasteiger partial charge on any atom is 0.227 e. The molecule has 110 valence electrons. The maximum absolute atomic E-state index is 12.3. The van der Waals surface area contributed by atoms with Gasteiger partial charge in [-0.1, -0.05) is 44.0 Å². The van der Waals surface area contributed by atoms with Crippen molar-refractivity contribution in [1.82, 2.24) is 4.90 Å². The maximum atomic E-state index is 12.3. The van der Waals surface area contributed by atoms with E-state index in [0.29, 0.717) is 6.42 Å². The minimum Gasteiger partial charge on any atom is -0.391 e. The number of carbonyl (C=O) groups excluding carboxylic acids is 1. The van der Waals surface area contributed by atoms with Gasteiger partial charge in [0, 0.05) is 7.05 Å². The Kier molecular flexibility index (Phi) is 5.18. The molecule has 3 nitrogen and oxygen atoms in total. The summed E-state index contributed by atoms with van der Waals surface area (Å²) < 4.78 is 0. The highest BCUT2D eigenvalue weighted by atomic mass is 16.3. The quantitative estimate of drug-likeness (QED) is 0.917. The van der Waals surface area contributed by atoms with Gasteiger partial charge in [0.15, 0.2) is 0 Å². The number of likely N-dealkylation sites (N-methyl/N-ethyl adjacent to an activating group) is 1. The Morgan fingerprint density at radius 1 is 1.20 bits per heavy atom. The normalized spacial score (nSPS) is 22.6. The van der Waals surface area contributed by atoms with Crippen molar-refractivity contribution in [2.75, 3.05) is 7.05 Å². The fraction of sp³-hybridized carbons (Fsp3) is 0.588. The average Bonchev–Trinajstić information content (AvgIpc) is 2.48. The summed E-state index contributed by atoms with van der Waals surface area (Å²) in [6.07, 6.45) is 4.97. The molecule has 1 fully saturated rings. The number of benzene rings is 1. The number of amides is 1. The minimum atomic E-state index is -0.361. The van der Waals surface area contributed by atoms with Crippen molar-refractivity contribution in [3.63, 3.8) is 0 Å². The highest BCUT2D eigenvalue weighted by molar-refractivity contribution is 5.78. The van der Waals surface area contributed by atoms with Gasteiger partial charge >= 0.3 is 0 Å². The Bertz CT molecular complexity index is 441. The second-order valence-electron chi connectivity index (χ2n) is 5.77. The summed E-state index contributed by atoms with van der Waals surface area (Å²) in [4.78, 5) is 14.1. The number of hydrogen-bond donors (Lipinski definition) is 1. The molecule has 2 atom stereocenters. The lowest BCUT2D eigenvalue weighted by molar-refractivity contribution is -0.134. The molecule has 1 N–H and O–H groups in total. The largest absolute Gasteiger partial charge is 0.391 e. The van der Waals surface area contributed by atoms with Crippen LogP contribution in [0.15, 0.2) is 24.3 Å². The van der Waals surface area contributed by atoms with Crippen LogP contribution in [-0.4, -0.2) is 35.1 Å². The molecule has 1 aliphatic rings. The first-order valence-corrected chi connectivity index (χ1v) is 7.63. The monoisotopic (exact) mass is 275 g/mol. The lowest BCUT2D eigenvalue weighted by Gasteiger charge is -2.35. The molecule has 2 rings (SSSR count). The number of nitrogens with zero attached hydrogens (tertiary/aromatic N) is 1. The third-order valence-corrected chi connectivity index (χ3v) is 4.37. The van der Waals surface area contributed by atoms with Crippen molar-refractivity contribution in [1.29, 1.82) is 0 Å². The molecule has 0 saturated heterocycles. The Hall–Kier alpha value is -1.35. The zero-order valence-corrected chi connectivity index (χ0v) is 12.5. The highest BCUT2D eigenvalue weighted by Gasteiger charge is 2.29. The highest BCUT2D eigenvalue weighted by Crippen LogP contribution is 2.23. The van der Waals surface area contributed by atoms with Crippen molar-refractivity contribution < 1.29 is 9.90 Å². The topological polar surface area (TPSA) is 40.5 Å². The molecule has 0 spiro atoms. The van der Waals surface area contributed by atoms with Gasteiger partial charge in [-0.05, 0) is 30.4 Å². The molecule has 0 bridgehead atoms.